The predicted octanol–water partition coefficient (Wildman–Crippen LogP) is 7.70. The summed E-state index contributed by atoms with van der Waals surface area (Å²) < 4.78 is 0. The van der Waals surface area contributed by atoms with Crippen molar-refractivity contribution in [3.63, 3.8) is 0 Å². The van der Waals surface area contributed by atoms with Crippen LogP contribution in [0.5, 0.6) is 0 Å². The van der Waals surface area contributed by atoms with Crippen LogP contribution in [0.2, 0.25) is 20.1 Å². The Balaban J connectivity index is 1.87. The third-order valence-corrected chi connectivity index (χ3v) is 7.85. The third kappa shape index (κ3) is 9.12. The average Bonchev–Trinajstić information content (AvgIpc) is 2.84. The molecule has 4 nitrogen and oxygen atoms in total. The second-order valence-electron chi connectivity index (χ2n) is 8.87. The van der Waals surface area contributed by atoms with E-state index < -0.39 is 6.04 Å². The molecule has 0 aliphatic heterocycles. The number of halogens is 4. The smallest absolute Gasteiger partial charge is 0.243 e. The molecule has 0 radical (unpaired) electrons. The Morgan fingerprint density at radius 3 is 2.24 bits per heavy atom. The maximum Gasteiger partial charge on any atom is 0.243 e. The Morgan fingerprint density at radius 1 is 0.865 bits per heavy atom. The summed E-state index contributed by atoms with van der Waals surface area (Å²) in [5.74, 6) is 0.355. The summed E-state index contributed by atoms with van der Waals surface area (Å²) in [7, 11) is 0. The molecule has 0 heterocycles. The number of carbonyl (C=O) groups is 2. The number of amides is 2. The summed E-state index contributed by atoms with van der Waals surface area (Å²) in [5, 5.41) is 4.88. The van der Waals surface area contributed by atoms with E-state index in [4.69, 9.17) is 46.4 Å². The van der Waals surface area contributed by atoms with Gasteiger partial charge >= 0.3 is 0 Å². The van der Waals surface area contributed by atoms with Crippen molar-refractivity contribution in [2.24, 2.45) is 0 Å². The standard InChI is InChI=1S/C28H28Cl4N2O2S/c1-18(2)33-28(36)26(13-19-6-4-3-5-7-19)34(15-21-9-10-22(29)14-24(21)31)27(35)17-37-16-20-8-11-23(30)25(32)12-20/h3-12,14,18,26H,13,15-17H2,1-2H3,(H,33,36)/t26-/m1/s1. The summed E-state index contributed by atoms with van der Waals surface area (Å²) in [6, 6.07) is 19.4. The summed E-state index contributed by atoms with van der Waals surface area (Å²) in [6.45, 7) is 3.96. The minimum Gasteiger partial charge on any atom is -0.352 e. The summed E-state index contributed by atoms with van der Waals surface area (Å²) in [5.41, 5.74) is 2.62. The van der Waals surface area contributed by atoms with Crippen LogP contribution >= 0.6 is 58.2 Å². The highest BCUT2D eigenvalue weighted by molar-refractivity contribution is 7.99. The first-order chi connectivity index (χ1) is 17.6. The zero-order chi connectivity index (χ0) is 26.9. The van der Waals surface area contributed by atoms with Gasteiger partial charge in [0.05, 0.1) is 15.8 Å². The summed E-state index contributed by atoms with van der Waals surface area (Å²) >= 11 is 26.2. The lowest BCUT2D eigenvalue weighted by Crippen LogP contribution is -2.52. The molecule has 9 heteroatoms. The van der Waals surface area contributed by atoms with E-state index in [2.05, 4.69) is 5.32 Å². The van der Waals surface area contributed by atoms with Gasteiger partial charge < -0.3 is 10.2 Å². The van der Waals surface area contributed by atoms with Crippen LogP contribution in [-0.4, -0.2) is 34.6 Å². The number of benzene rings is 3. The largest absolute Gasteiger partial charge is 0.352 e. The van der Waals surface area contributed by atoms with Crippen molar-refractivity contribution in [2.75, 3.05) is 5.75 Å². The van der Waals surface area contributed by atoms with Crippen molar-refractivity contribution < 1.29 is 9.59 Å². The normalized spacial score (nSPS) is 11.9. The van der Waals surface area contributed by atoms with Gasteiger partial charge in [0, 0.05) is 34.8 Å². The molecule has 0 aromatic heterocycles. The van der Waals surface area contributed by atoms with Crippen molar-refractivity contribution >= 4 is 70.0 Å². The van der Waals surface area contributed by atoms with E-state index in [1.807, 2.05) is 50.2 Å². The van der Waals surface area contributed by atoms with Crippen LogP contribution in [-0.2, 0) is 28.3 Å². The lowest BCUT2D eigenvalue weighted by atomic mass is 10.0. The van der Waals surface area contributed by atoms with Crippen molar-refractivity contribution in [3.05, 3.63) is 104 Å². The van der Waals surface area contributed by atoms with Crippen LogP contribution in [0, 0.1) is 0 Å². The molecule has 1 N–H and O–H groups in total. The van der Waals surface area contributed by atoms with Gasteiger partial charge in [0.2, 0.25) is 11.8 Å². The zero-order valence-electron chi connectivity index (χ0n) is 20.5. The molecule has 0 unspecified atom stereocenters. The first kappa shape index (κ1) is 29.7. The van der Waals surface area contributed by atoms with E-state index >= 15 is 0 Å². The molecule has 0 spiro atoms. The summed E-state index contributed by atoms with van der Waals surface area (Å²) in [4.78, 5) is 28.7. The molecular weight excluding hydrogens is 570 g/mol. The van der Waals surface area contributed by atoms with E-state index in [0.717, 1.165) is 11.1 Å². The third-order valence-electron chi connectivity index (χ3n) is 5.54. The molecule has 3 rings (SSSR count). The monoisotopic (exact) mass is 596 g/mol. The maximum absolute atomic E-state index is 13.7. The van der Waals surface area contributed by atoms with Crippen LogP contribution in [0.1, 0.15) is 30.5 Å². The van der Waals surface area contributed by atoms with Gasteiger partial charge in [-0.3, -0.25) is 9.59 Å². The molecule has 3 aromatic rings. The quantitative estimate of drug-likeness (QED) is 0.246. The Hall–Kier alpha value is -1.89. The first-order valence-electron chi connectivity index (χ1n) is 11.7. The molecule has 196 valence electrons. The molecule has 0 aliphatic carbocycles. The Morgan fingerprint density at radius 2 is 1.59 bits per heavy atom. The fourth-order valence-electron chi connectivity index (χ4n) is 3.74. The number of thioether (sulfide) groups is 1. The topological polar surface area (TPSA) is 49.4 Å². The predicted molar refractivity (Wildman–Crippen MR) is 157 cm³/mol. The SMILES string of the molecule is CC(C)NC(=O)[C@@H](Cc1ccccc1)N(Cc1ccc(Cl)cc1Cl)C(=O)CSCc1ccc(Cl)c(Cl)c1. The van der Waals surface area contributed by atoms with Gasteiger partial charge in [-0.05, 0) is 54.8 Å². The first-order valence-corrected chi connectivity index (χ1v) is 14.4. The molecule has 0 fully saturated rings. The Kier molecular flexibility index (Phi) is 11.5. The lowest BCUT2D eigenvalue weighted by molar-refractivity contribution is -0.139. The molecule has 0 saturated heterocycles. The fourth-order valence-corrected chi connectivity index (χ4v) is 5.38. The fraction of sp³-hybridized carbons (Fsp3) is 0.286. The van der Waals surface area contributed by atoms with Crippen molar-refractivity contribution in [3.8, 4) is 0 Å². The second-order valence-corrected chi connectivity index (χ2v) is 11.5. The van der Waals surface area contributed by atoms with Crippen LogP contribution in [0.4, 0.5) is 0 Å². The molecule has 3 aromatic carbocycles. The van der Waals surface area contributed by atoms with Gasteiger partial charge in [-0.2, -0.15) is 0 Å². The molecule has 0 aliphatic rings. The minimum absolute atomic E-state index is 0.0779. The van der Waals surface area contributed by atoms with Crippen LogP contribution in [0.3, 0.4) is 0 Å². The maximum atomic E-state index is 13.7. The van der Waals surface area contributed by atoms with Crippen molar-refractivity contribution in [2.45, 2.75) is 44.6 Å². The van der Waals surface area contributed by atoms with Gasteiger partial charge in [-0.1, -0.05) is 88.9 Å². The molecular formula is C28H28Cl4N2O2S. The van der Waals surface area contributed by atoms with Gasteiger partial charge in [0.1, 0.15) is 6.04 Å². The highest BCUT2D eigenvalue weighted by Gasteiger charge is 2.31. The highest BCUT2D eigenvalue weighted by atomic mass is 35.5. The van der Waals surface area contributed by atoms with Crippen molar-refractivity contribution in [1.82, 2.24) is 10.2 Å². The number of hydrogen-bond donors (Lipinski definition) is 1. The second kappa shape index (κ2) is 14.3. The lowest BCUT2D eigenvalue weighted by Gasteiger charge is -2.32. The highest BCUT2D eigenvalue weighted by Crippen LogP contribution is 2.27. The van der Waals surface area contributed by atoms with Crippen molar-refractivity contribution in [1.29, 1.82) is 0 Å². The molecule has 0 bridgehead atoms. The molecule has 2 amide bonds. The van der Waals surface area contributed by atoms with Gasteiger partial charge in [0.15, 0.2) is 0 Å². The van der Waals surface area contributed by atoms with E-state index in [9.17, 15) is 9.59 Å². The molecule has 37 heavy (non-hydrogen) atoms. The van der Waals surface area contributed by atoms with E-state index in [1.54, 1.807) is 35.2 Å². The van der Waals surface area contributed by atoms with Gasteiger partial charge in [0.25, 0.3) is 0 Å². The van der Waals surface area contributed by atoms with E-state index in [0.29, 0.717) is 37.8 Å². The summed E-state index contributed by atoms with van der Waals surface area (Å²) in [6.07, 6.45) is 0.369. The number of nitrogens with zero attached hydrogens (tertiary/aromatic N) is 1. The number of nitrogens with one attached hydrogen (secondary N) is 1. The van der Waals surface area contributed by atoms with Gasteiger partial charge in [-0.15, -0.1) is 11.8 Å². The van der Waals surface area contributed by atoms with Gasteiger partial charge in [-0.25, -0.2) is 0 Å². The molecule has 1 atom stereocenters. The van der Waals surface area contributed by atoms with Crippen LogP contribution in [0.25, 0.3) is 0 Å². The number of hydrogen-bond acceptors (Lipinski definition) is 3. The van der Waals surface area contributed by atoms with E-state index in [1.165, 1.54) is 11.8 Å². The Bertz CT molecular complexity index is 1220. The zero-order valence-corrected chi connectivity index (χ0v) is 24.4. The molecule has 0 saturated carbocycles. The van der Waals surface area contributed by atoms with E-state index in [-0.39, 0.29) is 30.2 Å². The minimum atomic E-state index is -0.727. The number of rotatable bonds is 11. The van der Waals surface area contributed by atoms with Crippen LogP contribution in [0.15, 0.2) is 66.7 Å². The number of carbonyl (C=O) groups excluding carboxylic acids is 2. The van der Waals surface area contributed by atoms with Crippen LogP contribution < -0.4 is 5.32 Å². The Labute approximate surface area is 242 Å². The average molecular weight is 598 g/mol.